The maximum absolute atomic E-state index is 13.8. The molecule has 1 aliphatic rings. The number of nitrogens with zero attached hydrogens (tertiary/aromatic N) is 1. The highest BCUT2D eigenvalue weighted by Gasteiger charge is 2.54. The number of rotatable bonds is 8. The fourth-order valence-corrected chi connectivity index (χ4v) is 4.46. The van der Waals surface area contributed by atoms with Crippen LogP contribution >= 0.6 is 0 Å². The number of nitrogens with one attached hydrogen (secondary N) is 2. The molecule has 3 aromatic carbocycles. The van der Waals surface area contributed by atoms with E-state index in [1.807, 2.05) is 74.5 Å². The van der Waals surface area contributed by atoms with E-state index < -0.39 is 23.4 Å². The molecule has 1 heterocycles. The summed E-state index contributed by atoms with van der Waals surface area (Å²) in [4.78, 5) is 40.9. The van der Waals surface area contributed by atoms with Gasteiger partial charge in [0.1, 0.15) is 12.3 Å². The van der Waals surface area contributed by atoms with E-state index in [9.17, 15) is 14.4 Å². The van der Waals surface area contributed by atoms with Crippen molar-refractivity contribution in [3.05, 3.63) is 102 Å². The Bertz CT molecular complexity index is 1150. The number of carbonyl (C=O) groups excluding carboxylic acids is 3. The number of benzene rings is 3. The Labute approximate surface area is 205 Å². The number of hydrogen-bond donors (Lipinski definition) is 2. The average Bonchev–Trinajstić information content (AvgIpc) is 3.14. The predicted molar refractivity (Wildman–Crippen MR) is 133 cm³/mol. The molecule has 0 aliphatic carbocycles. The molecule has 35 heavy (non-hydrogen) atoms. The Morgan fingerprint density at radius 3 is 1.94 bits per heavy atom. The Morgan fingerprint density at radius 1 is 0.914 bits per heavy atom. The SMILES string of the molecule is COc1ccc(C(NC(=O)CN2C(=O)NC(c3ccccc3)(c3ccccc3)C2=O)C(C)C)cc1. The summed E-state index contributed by atoms with van der Waals surface area (Å²) in [6, 6.07) is 24.7. The van der Waals surface area contributed by atoms with Crippen molar-refractivity contribution in [2.24, 2.45) is 5.92 Å². The fraction of sp³-hybridized carbons (Fsp3) is 0.250. The number of carbonyl (C=O) groups is 3. The van der Waals surface area contributed by atoms with Crippen LogP contribution in [0, 0.1) is 5.92 Å². The van der Waals surface area contributed by atoms with Gasteiger partial charge in [0, 0.05) is 0 Å². The first-order valence-corrected chi connectivity index (χ1v) is 11.5. The van der Waals surface area contributed by atoms with Crippen LogP contribution in [-0.2, 0) is 15.1 Å². The van der Waals surface area contributed by atoms with Crippen LogP contribution < -0.4 is 15.4 Å². The minimum absolute atomic E-state index is 0.0863. The van der Waals surface area contributed by atoms with Crippen molar-refractivity contribution in [3.8, 4) is 5.75 Å². The van der Waals surface area contributed by atoms with E-state index in [4.69, 9.17) is 4.74 Å². The van der Waals surface area contributed by atoms with E-state index in [0.29, 0.717) is 11.1 Å². The number of urea groups is 1. The molecule has 0 spiro atoms. The summed E-state index contributed by atoms with van der Waals surface area (Å²) in [7, 11) is 1.60. The summed E-state index contributed by atoms with van der Waals surface area (Å²) in [5, 5.41) is 5.86. The first kappa shape index (κ1) is 24.0. The van der Waals surface area contributed by atoms with Crippen molar-refractivity contribution in [1.29, 1.82) is 0 Å². The van der Waals surface area contributed by atoms with Crippen molar-refractivity contribution >= 4 is 17.8 Å². The van der Waals surface area contributed by atoms with Crippen molar-refractivity contribution in [1.82, 2.24) is 15.5 Å². The summed E-state index contributed by atoms with van der Waals surface area (Å²) in [6.07, 6.45) is 0. The molecule has 7 nitrogen and oxygen atoms in total. The largest absolute Gasteiger partial charge is 0.497 e. The molecule has 0 aromatic heterocycles. The van der Waals surface area contributed by atoms with Crippen LogP contribution in [0.1, 0.15) is 36.6 Å². The molecule has 7 heteroatoms. The van der Waals surface area contributed by atoms with Crippen molar-refractivity contribution in [2.75, 3.05) is 13.7 Å². The number of methoxy groups -OCH3 is 1. The lowest BCUT2D eigenvalue weighted by atomic mass is 9.82. The molecule has 1 unspecified atom stereocenters. The number of hydrogen-bond acceptors (Lipinski definition) is 4. The second-order valence-electron chi connectivity index (χ2n) is 8.87. The Kier molecular flexibility index (Phi) is 6.87. The number of amides is 4. The van der Waals surface area contributed by atoms with Crippen molar-refractivity contribution < 1.29 is 19.1 Å². The maximum Gasteiger partial charge on any atom is 0.326 e. The molecule has 1 aliphatic heterocycles. The second-order valence-corrected chi connectivity index (χ2v) is 8.87. The van der Waals surface area contributed by atoms with Crippen LogP contribution in [0.2, 0.25) is 0 Å². The van der Waals surface area contributed by atoms with Gasteiger partial charge in [-0.2, -0.15) is 0 Å². The number of ether oxygens (including phenoxy) is 1. The third-order valence-electron chi connectivity index (χ3n) is 6.28. The lowest BCUT2D eigenvalue weighted by molar-refractivity contribution is -0.134. The quantitative estimate of drug-likeness (QED) is 0.486. The standard InChI is InChI=1S/C28H29N3O4/c1-19(2)25(20-14-16-23(35-3)17-15-20)29-24(32)18-31-26(33)28(30-27(31)34,21-10-6-4-7-11-21)22-12-8-5-9-13-22/h4-17,19,25H,18H2,1-3H3,(H,29,32)(H,30,34). The summed E-state index contributed by atoms with van der Waals surface area (Å²) < 4.78 is 5.22. The molecular weight excluding hydrogens is 442 g/mol. The van der Waals surface area contributed by atoms with E-state index >= 15 is 0 Å². The molecule has 1 saturated heterocycles. The van der Waals surface area contributed by atoms with Gasteiger partial charge in [0.05, 0.1) is 13.2 Å². The Balaban J connectivity index is 1.59. The van der Waals surface area contributed by atoms with E-state index in [2.05, 4.69) is 10.6 Å². The monoisotopic (exact) mass is 471 g/mol. The van der Waals surface area contributed by atoms with Gasteiger partial charge in [0.15, 0.2) is 5.54 Å². The van der Waals surface area contributed by atoms with Gasteiger partial charge in [-0.25, -0.2) is 4.79 Å². The minimum Gasteiger partial charge on any atom is -0.497 e. The van der Waals surface area contributed by atoms with E-state index in [0.717, 1.165) is 16.2 Å². The molecule has 3 aromatic rings. The molecule has 1 fully saturated rings. The van der Waals surface area contributed by atoms with Gasteiger partial charge in [-0.05, 0) is 34.7 Å². The van der Waals surface area contributed by atoms with Crippen LogP contribution in [0.25, 0.3) is 0 Å². The third-order valence-corrected chi connectivity index (χ3v) is 6.28. The molecule has 2 N–H and O–H groups in total. The topological polar surface area (TPSA) is 87.7 Å². The molecule has 0 radical (unpaired) electrons. The molecule has 0 bridgehead atoms. The van der Waals surface area contributed by atoms with Crippen LogP contribution in [-0.4, -0.2) is 36.4 Å². The van der Waals surface area contributed by atoms with E-state index in [1.165, 1.54) is 0 Å². The molecule has 1 atom stereocenters. The van der Waals surface area contributed by atoms with Gasteiger partial charge < -0.3 is 15.4 Å². The highest BCUT2D eigenvalue weighted by Crippen LogP contribution is 2.36. The minimum atomic E-state index is -1.40. The summed E-state index contributed by atoms with van der Waals surface area (Å²) in [5.74, 6) is -0.0937. The fourth-order valence-electron chi connectivity index (χ4n) is 4.46. The smallest absolute Gasteiger partial charge is 0.326 e. The molecule has 4 amide bonds. The van der Waals surface area contributed by atoms with Gasteiger partial charge in [-0.15, -0.1) is 0 Å². The van der Waals surface area contributed by atoms with Gasteiger partial charge >= 0.3 is 6.03 Å². The molecule has 180 valence electrons. The Hall–Kier alpha value is -4.13. The van der Waals surface area contributed by atoms with E-state index in [-0.39, 0.29) is 18.5 Å². The normalized spacial score (nSPS) is 15.6. The highest BCUT2D eigenvalue weighted by molar-refractivity contribution is 6.11. The summed E-state index contributed by atoms with van der Waals surface area (Å²) in [5.41, 5.74) is 0.776. The lowest BCUT2D eigenvalue weighted by Gasteiger charge is -2.28. The first-order valence-electron chi connectivity index (χ1n) is 11.5. The predicted octanol–water partition coefficient (Wildman–Crippen LogP) is 4.00. The van der Waals surface area contributed by atoms with Gasteiger partial charge in [0.25, 0.3) is 5.91 Å². The van der Waals surface area contributed by atoms with Crippen LogP contribution in [0.15, 0.2) is 84.9 Å². The van der Waals surface area contributed by atoms with Gasteiger partial charge in [-0.1, -0.05) is 86.6 Å². The second kappa shape index (κ2) is 10.0. The van der Waals surface area contributed by atoms with Gasteiger partial charge in [0.2, 0.25) is 5.91 Å². The molecule has 0 saturated carbocycles. The van der Waals surface area contributed by atoms with Crippen LogP contribution in [0.5, 0.6) is 5.75 Å². The zero-order valence-corrected chi connectivity index (χ0v) is 20.0. The van der Waals surface area contributed by atoms with Crippen molar-refractivity contribution in [2.45, 2.75) is 25.4 Å². The first-order chi connectivity index (χ1) is 16.9. The van der Waals surface area contributed by atoms with E-state index in [1.54, 1.807) is 31.4 Å². The zero-order valence-electron chi connectivity index (χ0n) is 20.0. The molecule has 4 rings (SSSR count). The third kappa shape index (κ3) is 4.62. The maximum atomic E-state index is 13.8. The summed E-state index contributed by atoms with van der Waals surface area (Å²) in [6.45, 7) is 3.61. The van der Waals surface area contributed by atoms with Crippen molar-refractivity contribution in [3.63, 3.8) is 0 Å². The number of imide groups is 1. The lowest BCUT2D eigenvalue weighted by Crippen LogP contribution is -2.46. The molecular formula is C28H29N3O4. The van der Waals surface area contributed by atoms with Gasteiger partial charge in [-0.3, -0.25) is 14.5 Å². The zero-order chi connectivity index (χ0) is 25.0. The average molecular weight is 472 g/mol. The highest BCUT2D eigenvalue weighted by atomic mass is 16.5. The van der Waals surface area contributed by atoms with Crippen LogP contribution in [0.4, 0.5) is 4.79 Å². The Morgan fingerprint density at radius 2 is 1.46 bits per heavy atom. The summed E-state index contributed by atoms with van der Waals surface area (Å²) >= 11 is 0. The van der Waals surface area contributed by atoms with Crippen LogP contribution in [0.3, 0.4) is 0 Å².